The zero-order valence-corrected chi connectivity index (χ0v) is 12.0. The van der Waals surface area contributed by atoms with Crippen LogP contribution in [0.3, 0.4) is 0 Å². The number of aliphatic hydroxyl groups excluding tert-OH is 1. The van der Waals surface area contributed by atoms with Crippen LogP contribution in [0.15, 0.2) is 18.2 Å². The summed E-state index contributed by atoms with van der Waals surface area (Å²) in [6.45, 7) is 3.26. The highest BCUT2D eigenvalue weighted by atomic mass is 35.5. The first-order valence-electron chi connectivity index (χ1n) is 5.66. The van der Waals surface area contributed by atoms with E-state index in [9.17, 15) is 13.5 Å². The van der Waals surface area contributed by atoms with Crippen LogP contribution in [-0.4, -0.2) is 31.6 Å². The molecule has 0 aromatic heterocycles. The van der Waals surface area contributed by atoms with Crippen molar-refractivity contribution in [2.75, 3.05) is 18.1 Å². The van der Waals surface area contributed by atoms with Gasteiger partial charge in [0.15, 0.2) is 9.84 Å². The Morgan fingerprint density at radius 3 is 2.67 bits per heavy atom. The highest BCUT2D eigenvalue weighted by molar-refractivity contribution is 7.91. The summed E-state index contributed by atoms with van der Waals surface area (Å²) >= 11 is 5.83. The molecule has 4 nitrogen and oxygen atoms in total. The summed E-state index contributed by atoms with van der Waals surface area (Å²) in [7, 11) is -3.04. The molecule has 1 atom stereocenters. The fourth-order valence-electron chi connectivity index (χ4n) is 1.40. The summed E-state index contributed by atoms with van der Waals surface area (Å²) in [5, 5.41) is 10.1. The molecule has 0 saturated heterocycles. The molecule has 1 unspecified atom stereocenters. The Kier molecular flexibility index (Phi) is 5.44. The second-order valence-electron chi connectivity index (χ2n) is 3.94. The highest BCUT2D eigenvalue weighted by Gasteiger charge is 2.12. The Morgan fingerprint density at radius 2 is 2.11 bits per heavy atom. The molecule has 6 heteroatoms. The van der Waals surface area contributed by atoms with E-state index in [1.165, 1.54) is 0 Å². The van der Waals surface area contributed by atoms with Crippen LogP contribution >= 0.6 is 11.6 Å². The number of benzene rings is 1. The maximum Gasteiger partial charge on any atom is 0.153 e. The SMILES string of the molecule is CCS(=O)(=O)CCOc1ccc(Cl)cc1C(C)O. The molecule has 0 amide bonds. The van der Waals surface area contributed by atoms with Gasteiger partial charge in [-0.15, -0.1) is 0 Å². The molecular weight excluding hydrogens is 276 g/mol. The molecule has 0 aliphatic heterocycles. The number of sulfone groups is 1. The predicted octanol–water partition coefficient (Wildman–Crippen LogP) is 2.21. The molecule has 102 valence electrons. The summed E-state index contributed by atoms with van der Waals surface area (Å²) in [5.74, 6) is 0.520. The molecule has 1 aromatic carbocycles. The van der Waals surface area contributed by atoms with E-state index in [0.29, 0.717) is 16.3 Å². The zero-order valence-electron chi connectivity index (χ0n) is 10.4. The van der Waals surface area contributed by atoms with Crippen molar-refractivity contribution in [2.24, 2.45) is 0 Å². The van der Waals surface area contributed by atoms with Gasteiger partial charge in [-0.1, -0.05) is 18.5 Å². The molecule has 1 rings (SSSR count). The molecule has 0 aliphatic rings. The number of hydrogen-bond donors (Lipinski definition) is 1. The summed E-state index contributed by atoms with van der Waals surface area (Å²) < 4.78 is 28.0. The lowest BCUT2D eigenvalue weighted by Gasteiger charge is -2.13. The number of hydrogen-bond acceptors (Lipinski definition) is 4. The monoisotopic (exact) mass is 292 g/mol. The summed E-state index contributed by atoms with van der Waals surface area (Å²) in [6.07, 6.45) is -0.721. The van der Waals surface area contributed by atoms with Crippen LogP contribution in [0.2, 0.25) is 5.02 Å². The van der Waals surface area contributed by atoms with Crippen LogP contribution < -0.4 is 4.74 Å². The van der Waals surface area contributed by atoms with Crippen LogP contribution in [0.1, 0.15) is 25.5 Å². The van der Waals surface area contributed by atoms with E-state index < -0.39 is 15.9 Å². The van der Waals surface area contributed by atoms with Gasteiger partial charge in [0.05, 0.1) is 11.9 Å². The maximum absolute atomic E-state index is 11.3. The standard InChI is InChI=1S/C12H17ClO4S/c1-3-18(15,16)7-6-17-12-5-4-10(13)8-11(12)9(2)14/h4-5,8-9,14H,3,6-7H2,1-2H3. The second-order valence-corrected chi connectivity index (χ2v) is 6.85. The largest absolute Gasteiger partial charge is 0.492 e. The molecule has 0 fully saturated rings. The van der Waals surface area contributed by atoms with Crippen molar-refractivity contribution in [1.82, 2.24) is 0 Å². The van der Waals surface area contributed by atoms with Crippen LogP contribution in [0, 0.1) is 0 Å². The summed E-state index contributed by atoms with van der Waals surface area (Å²) in [5.41, 5.74) is 0.552. The molecule has 18 heavy (non-hydrogen) atoms. The molecule has 0 spiro atoms. The summed E-state index contributed by atoms with van der Waals surface area (Å²) in [4.78, 5) is 0. The van der Waals surface area contributed by atoms with Gasteiger partial charge in [-0.2, -0.15) is 0 Å². The normalized spacial score (nSPS) is 13.3. The third-order valence-electron chi connectivity index (χ3n) is 2.51. The highest BCUT2D eigenvalue weighted by Crippen LogP contribution is 2.28. The third-order valence-corrected chi connectivity index (χ3v) is 4.42. The van der Waals surface area contributed by atoms with E-state index in [1.807, 2.05) is 0 Å². The first-order chi connectivity index (χ1) is 8.35. The van der Waals surface area contributed by atoms with Crippen molar-refractivity contribution in [3.63, 3.8) is 0 Å². The van der Waals surface area contributed by atoms with Crippen molar-refractivity contribution in [3.05, 3.63) is 28.8 Å². The molecular formula is C12H17ClO4S. The number of aliphatic hydroxyl groups is 1. The van der Waals surface area contributed by atoms with E-state index in [0.717, 1.165) is 0 Å². The molecule has 0 bridgehead atoms. The van der Waals surface area contributed by atoms with Gasteiger partial charge in [0.25, 0.3) is 0 Å². The van der Waals surface area contributed by atoms with Crippen LogP contribution in [-0.2, 0) is 9.84 Å². The van der Waals surface area contributed by atoms with E-state index in [2.05, 4.69) is 0 Å². The Labute approximate surface area is 112 Å². The Morgan fingerprint density at radius 1 is 1.44 bits per heavy atom. The van der Waals surface area contributed by atoms with E-state index in [-0.39, 0.29) is 18.1 Å². The minimum Gasteiger partial charge on any atom is -0.492 e. The van der Waals surface area contributed by atoms with Gasteiger partial charge in [0, 0.05) is 16.3 Å². The van der Waals surface area contributed by atoms with Crippen molar-refractivity contribution in [2.45, 2.75) is 20.0 Å². The van der Waals surface area contributed by atoms with Crippen LogP contribution in [0.5, 0.6) is 5.75 Å². The Hall–Kier alpha value is -0.780. The fraction of sp³-hybridized carbons (Fsp3) is 0.500. The average Bonchev–Trinajstić information content (AvgIpc) is 2.30. The van der Waals surface area contributed by atoms with E-state index in [1.54, 1.807) is 32.0 Å². The molecule has 1 N–H and O–H groups in total. The smallest absolute Gasteiger partial charge is 0.153 e. The van der Waals surface area contributed by atoms with Gasteiger partial charge in [-0.3, -0.25) is 0 Å². The number of ether oxygens (including phenoxy) is 1. The second kappa shape index (κ2) is 6.41. The molecule has 0 aliphatic carbocycles. The molecule has 1 aromatic rings. The molecule has 0 saturated carbocycles. The van der Waals surface area contributed by atoms with Crippen LogP contribution in [0.4, 0.5) is 0 Å². The lowest BCUT2D eigenvalue weighted by Crippen LogP contribution is -2.16. The minimum atomic E-state index is -3.04. The van der Waals surface area contributed by atoms with Gasteiger partial charge in [0.2, 0.25) is 0 Å². The quantitative estimate of drug-likeness (QED) is 0.873. The van der Waals surface area contributed by atoms with Gasteiger partial charge < -0.3 is 9.84 Å². The first-order valence-corrected chi connectivity index (χ1v) is 7.86. The maximum atomic E-state index is 11.3. The lowest BCUT2D eigenvalue weighted by atomic mass is 10.1. The van der Waals surface area contributed by atoms with E-state index >= 15 is 0 Å². The number of rotatable bonds is 6. The Balaban J connectivity index is 2.73. The Bertz CT molecular complexity index is 497. The average molecular weight is 293 g/mol. The number of halogens is 1. The fourth-order valence-corrected chi connectivity index (χ4v) is 2.21. The van der Waals surface area contributed by atoms with Gasteiger partial charge in [-0.05, 0) is 25.1 Å². The molecule has 0 radical (unpaired) electrons. The van der Waals surface area contributed by atoms with Crippen molar-refractivity contribution in [3.8, 4) is 5.75 Å². The van der Waals surface area contributed by atoms with Gasteiger partial charge in [-0.25, -0.2) is 8.42 Å². The topological polar surface area (TPSA) is 63.6 Å². The summed E-state index contributed by atoms with van der Waals surface area (Å²) in [6, 6.07) is 4.87. The lowest BCUT2D eigenvalue weighted by molar-refractivity contribution is 0.192. The zero-order chi connectivity index (χ0) is 13.8. The van der Waals surface area contributed by atoms with Gasteiger partial charge in [0.1, 0.15) is 12.4 Å². The minimum absolute atomic E-state index is 0.0363. The van der Waals surface area contributed by atoms with Crippen LogP contribution in [0.25, 0.3) is 0 Å². The molecule has 0 heterocycles. The van der Waals surface area contributed by atoms with Crippen molar-refractivity contribution >= 4 is 21.4 Å². The first kappa shape index (κ1) is 15.3. The third kappa shape index (κ3) is 4.48. The van der Waals surface area contributed by atoms with Crippen molar-refractivity contribution < 1.29 is 18.3 Å². The van der Waals surface area contributed by atoms with Crippen molar-refractivity contribution in [1.29, 1.82) is 0 Å². The van der Waals surface area contributed by atoms with E-state index in [4.69, 9.17) is 16.3 Å². The van der Waals surface area contributed by atoms with Gasteiger partial charge >= 0.3 is 0 Å². The predicted molar refractivity (Wildman–Crippen MR) is 71.9 cm³/mol.